The highest BCUT2D eigenvalue weighted by Gasteiger charge is 2.34. The minimum absolute atomic E-state index is 0.230. The van der Waals surface area contributed by atoms with Crippen LogP contribution in [0.25, 0.3) is 0 Å². The number of nitrogens with one attached hydrogen (secondary N) is 1. The number of benzene rings is 1. The molecule has 1 aromatic heterocycles. The zero-order valence-corrected chi connectivity index (χ0v) is 22.4. The Morgan fingerprint density at radius 1 is 1.09 bits per heavy atom. The Labute approximate surface area is 207 Å². The van der Waals surface area contributed by atoms with E-state index in [1.165, 1.54) is 18.3 Å². The normalized spacial score (nSPS) is 13.9. The number of hydrogen-bond donors (Lipinski definition) is 3. The van der Waals surface area contributed by atoms with Crippen LogP contribution in [0.3, 0.4) is 0 Å². The Balaban J connectivity index is 2.37. The molecule has 7 heteroatoms. The molecular formula is C27H39NO5S. The van der Waals surface area contributed by atoms with Crippen molar-refractivity contribution in [1.82, 2.24) is 5.32 Å². The van der Waals surface area contributed by atoms with Crippen molar-refractivity contribution in [3.63, 3.8) is 0 Å². The summed E-state index contributed by atoms with van der Waals surface area (Å²) in [6, 6.07) is 7.26. The van der Waals surface area contributed by atoms with Crippen LogP contribution in [0, 0.1) is 19.3 Å². The zero-order chi connectivity index (χ0) is 25.8. The predicted molar refractivity (Wildman–Crippen MR) is 137 cm³/mol. The Morgan fingerprint density at radius 2 is 1.71 bits per heavy atom. The van der Waals surface area contributed by atoms with Gasteiger partial charge in [-0.15, -0.1) is 11.3 Å². The second kappa shape index (κ2) is 10.9. The molecule has 0 aliphatic rings. The van der Waals surface area contributed by atoms with Crippen LogP contribution in [0.2, 0.25) is 0 Å². The van der Waals surface area contributed by atoms with Crippen LogP contribution >= 0.6 is 11.3 Å². The lowest BCUT2D eigenvalue weighted by Gasteiger charge is -2.32. The number of aryl methyl sites for hydroxylation is 2. The molecule has 0 aliphatic carbocycles. The molecule has 1 amide bonds. The summed E-state index contributed by atoms with van der Waals surface area (Å²) < 4.78 is 5.93. The van der Waals surface area contributed by atoms with Gasteiger partial charge in [-0.2, -0.15) is 0 Å². The molecule has 6 nitrogen and oxygen atoms in total. The van der Waals surface area contributed by atoms with Crippen molar-refractivity contribution in [1.29, 1.82) is 0 Å². The average molecular weight is 490 g/mol. The van der Waals surface area contributed by atoms with Gasteiger partial charge in [-0.3, -0.25) is 9.59 Å². The summed E-state index contributed by atoms with van der Waals surface area (Å²) in [6.07, 6.45) is 1.12. The van der Waals surface area contributed by atoms with E-state index in [-0.39, 0.29) is 23.3 Å². The minimum Gasteiger partial charge on any atom is -0.491 e. The summed E-state index contributed by atoms with van der Waals surface area (Å²) in [7, 11) is 0. The fourth-order valence-electron chi connectivity index (χ4n) is 3.94. The molecule has 0 radical (unpaired) electrons. The Bertz CT molecular complexity index is 1020. The van der Waals surface area contributed by atoms with Crippen molar-refractivity contribution in [3.8, 4) is 5.75 Å². The van der Waals surface area contributed by atoms with E-state index in [2.05, 4.69) is 37.4 Å². The number of aliphatic carboxylic acids is 1. The Kier molecular flexibility index (Phi) is 8.94. The van der Waals surface area contributed by atoms with Gasteiger partial charge in [0.25, 0.3) is 5.91 Å². The van der Waals surface area contributed by atoms with Gasteiger partial charge in [0.1, 0.15) is 18.4 Å². The lowest BCUT2D eigenvalue weighted by Crippen LogP contribution is -2.38. The Morgan fingerprint density at radius 3 is 2.21 bits per heavy atom. The van der Waals surface area contributed by atoms with Gasteiger partial charge in [-0.1, -0.05) is 46.8 Å². The number of hydrogen-bond acceptors (Lipinski definition) is 5. The fraction of sp³-hybridized carbons (Fsp3) is 0.556. The van der Waals surface area contributed by atoms with Gasteiger partial charge in [0, 0.05) is 10.3 Å². The number of rotatable bonds is 10. The first-order chi connectivity index (χ1) is 15.8. The monoisotopic (exact) mass is 489 g/mol. The maximum atomic E-state index is 12.7. The molecule has 2 rings (SSSR count). The van der Waals surface area contributed by atoms with Crippen LogP contribution in [0.4, 0.5) is 0 Å². The van der Waals surface area contributed by atoms with E-state index in [9.17, 15) is 14.7 Å². The van der Waals surface area contributed by atoms with E-state index in [4.69, 9.17) is 9.84 Å². The van der Waals surface area contributed by atoms with Gasteiger partial charge in [0.2, 0.25) is 0 Å². The second-order valence-electron chi connectivity index (χ2n) is 10.1. The number of ether oxygens (including phenoxy) is 1. The van der Waals surface area contributed by atoms with Gasteiger partial charge in [-0.05, 0) is 67.9 Å². The molecule has 1 unspecified atom stereocenters. The van der Waals surface area contributed by atoms with E-state index in [1.807, 2.05) is 40.7 Å². The minimum atomic E-state index is -1.06. The zero-order valence-electron chi connectivity index (χ0n) is 21.6. The first-order valence-corrected chi connectivity index (χ1v) is 12.6. The van der Waals surface area contributed by atoms with E-state index >= 15 is 0 Å². The molecule has 34 heavy (non-hydrogen) atoms. The second-order valence-corrected chi connectivity index (χ2v) is 11.2. The van der Waals surface area contributed by atoms with Crippen molar-refractivity contribution < 1.29 is 24.5 Å². The maximum Gasteiger partial charge on any atom is 0.325 e. The summed E-state index contributed by atoms with van der Waals surface area (Å²) >= 11 is 1.43. The summed E-state index contributed by atoms with van der Waals surface area (Å²) in [5, 5.41) is 22.0. The fourth-order valence-corrected chi connectivity index (χ4v) is 5.37. The van der Waals surface area contributed by atoms with Crippen LogP contribution in [-0.2, 0) is 10.2 Å². The number of carboxylic acid groups (broad SMARTS) is 1. The molecule has 2 atom stereocenters. The van der Waals surface area contributed by atoms with E-state index in [1.54, 1.807) is 0 Å². The van der Waals surface area contributed by atoms with Crippen molar-refractivity contribution in [2.45, 2.75) is 85.8 Å². The maximum absolute atomic E-state index is 12.7. The van der Waals surface area contributed by atoms with Crippen LogP contribution in [0.15, 0.2) is 24.3 Å². The lowest BCUT2D eigenvalue weighted by molar-refractivity contribution is -0.138. The standard InChI is InChI=1S/C27H39NO5S/c1-9-27(10-2,22-14-17(4)23(34-22)24(30)28-18(5)25(31)32)19-11-12-20(16(3)13-19)33-15-21(29)26(6,7)8/h11-14,18,21,29H,9-10,15H2,1-8H3,(H,28,30)(H,31,32)/t18-,21?/m1/s1. The first kappa shape index (κ1) is 27.9. The van der Waals surface area contributed by atoms with Gasteiger partial charge >= 0.3 is 5.97 Å². The molecule has 188 valence electrons. The van der Waals surface area contributed by atoms with E-state index in [0.717, 1.165) is 40.2 Å². The highest BCUT2D eigenvalue weighted by Crippen LogP contribution is 2.44. The first-order valence-electron chi connectivity index (χ1n) is 11.8. The van der Waals surface area contributed by atoms with Crippen molar-refractivity contribution in [2.75, 3.05) is 6.61 Å². The van der Waals surface area contributed by atoms with Crippen molar-refractivity contribution >= 4 is 23.2 Å². The number of amides is 1. The number of aliphatic hydroxyl groups excluding tert-OH is 1. The number of carboxylic acids is 1. The highest BCUT2D eigenvalue weighted by molar-refractivity contribution is 7.14. The van der Waals surface area contributed by atoms with Gasteiger partial charge in [0.15, 0.2) is 0 Å². The number of thiophene rings is 1. The Hall–Kier alpha value is -2.38. The smallest absolute Gasteiger partial charge is 0.325 e. The summed E-state index contributed by atoms with van der Waals surface area (Å²) in [5.74, 6) is -0.674. The molecular weight excluding hydrogens is 450 g/mol. The number of carbonyl (C=O) groups is 2. The third-order valence-electron chi connectivity index (χ3n) is 6.64. The van der Waals surface area contributed by atoms with Crippen molar-refractivity contribution in [3.05, 3.63) is 50.7 Å². The van der Waals surface area contributed by atoms with Crippen LogP contribution < -0.4 is 10.1 Å². The van der Waals surface area contributed by atoms with Crippen molar-refractivity contribution in [2.24, 2.45) is 5.41 Å². The topological polar surface area (TPSA) is 95.9 Å². The number of aliphatic hydroxyl groups is 1. The average Bonchev–Trinajstić information content (AvgIpc) is 3.15. The van der Waals surface area contributed by atoms with E-state index < -0.39 is 18.1 Å². The summed E-state index contributed by atoms with van der Waals surface area (Å²) in [5.41, 5.74) is 2.45. The quantitative estimate of drug-likeness (QED) is 0.412. The van der Waals surface area contributed by atoms with Gasteiger partial charge in [-0.25, -0.2) is 0 Å². The number of carbonyl (C=O) groups excluding carboxylic acids is 1. The SMILES string of the molecule is CCC(CC)(c1ccc(OCC(O)C(C)(C)C)c(C)c1)c1cc(C)c(C(=O)N[C@H](C)C(=O)O)s1. The van der Waals surface area contributed by atoms with Crippen LogP contribution in [-0.4, -0.2) is 40.8 Å². The molecule has 1 heterocycles. The van der Waals surface area contributed by atoms with Gasteiger partial charge < -0.3 is 20.3 Å². The molecule has 0 aliphatic heterocycles. The van der Waals surface area contributed by atoms with E-state index in [0.29, 0.717) is 4.88 Å². The molecule has 0 fully saturated rings. The molecule has 2 aromatic rings. The molecule has 0 saturated carbocycles. The summed E-state index contributed by atoms with van der Waals surface area (Å²) in [6.45, 7) is 15.8. The largest absolute Gasteiger partial charge is 0.491 e. The van der Waals surface area contributed by atoms with Crippen LogP contribution in [0.1, 0.15) is 85.6 Å². The molecule has 0 bridgehead atoms. The third-order valence-corrected chi connectivity index (χ3v) is 8.08. The highest BCUT2D eigenvalue weighted by atomic mass is 32.1. The molecule has 0 spiro atoms. The molecule has 1 aromatic carbocycles. The summed E-state index contributed by atoms with van der Waals surface area (Å²) in [4.78, 5) is 25.5. The molecule has 0 saturated heterocycles. The van der Waals surface area contributed by atoms with Gasteiger partial charge in [0.05, 0.1) is 11.0 Å². The molecule has 3 N–H and O–H groups in total. The predicted octanol–water partition coefficient (Wildman–Crippen LogP) is 5.46. The lowest BCUT2D eigenvalue weighted by atomic mass is 9.74. The third kappa shape index (κ3) is 5.99. The van der Waals surface area contributed by atoms with Crippen LogP contribution in [0.5, 0.6) is 5.75 Å².